The van der Waals surface area contributed by atoms with E-state index in [2.05, 4.69) is 15.9 Å². The molecular weight excluding hydrogens is 234 g/mol. The lowest BCUT2D eigenvalue weighted by molar-refractivity contribution is 0.0706. The topological polar surface area (TPSA) is 49.3 Å². The molecule has 70 valence electrons. The van der Waals surface area contributed by atoms with Crippen LogP contribution in [0.15, 0.2) is 24.3 Å². The third kappa shape index (κ3) is 2.82. The Kier molecular flexibility index (Phi) is 3.92. The van der Waals surface area contributed by atoms with E-state index in [1.54, 1.807) is 17.6 Å². The number of rotatable bonds is 3. The van der Waals surface area contributed by atoms with Gasteiger partial charge in [0.2, 0.25) is 0 Å². The average molecular weight is 244 g/mol. The molecule has 0 saturated heterocycles. The van der Waals surface area contributed by atoms with Crippen LogP contribution in [-0.2, 0) is 6.42 Å². The van der Waals surface area contributed by atoms with Crippen LogP contribution in [-0.4, -0.2) is 16.4 Å². The van der Waals surface area contributed by atoms with Crippen LogP contribution in [0.4, 0.5) is 0 Å². The van der Waals surface area contributed by atoms with E-state index in [1.807, 2.05) is 12.1 Å². The Balaban J connectivity index is 2.75. The molecule has 4 heteroatoms. The summed E-state index contributed by atoms with van der Waals surface area (Å²) in [7, 11) is 0. The van der Waals surface area contributed by atoms with Crippen LogP contribution in [0.5, 0.6) is 0 Å². The first kappa shape index (κ1) is 10.2. The fourth-order valence-electron chi connectivity index (χ4n) is 0.996. The number of hydrogen-bond acceptors (Lipinski definition) is 2. The van der Waals surface area contributed by atoms with Gasteiger partial charge in [-0.15, -0.1) is 0 Å². The normalized spacial score (nSPS) is 9.69. The van der Waals surface area contributed by atoms with Crippen molar-refractivity contribution in [3.05, 3.63) is 35.4 Å². The summed E-state index contributed by atoms with van der Waals surface area (Å²) in [5, 5.41) is 9.26. The maximum absolute atomic E-state index is 10.9. The molecule has 3 nitrogen and oxygen atoms in total. The van der Waals surface area contributed by atoms with Gasteiger partial charge in [-0.05, 0) is 24.1 Å². The zero-order valence-electron chi connectivity index (χ0n) is 6.96. The van der Waals surface area contributed by atoms with Crippen LogP contribution in [0.2, 0.25) is 0 Å². The summed E-state index contributed by atoms with van der Waals surface area (Å²) >= 11 is 3.33. The summed E-state index contributed by atoms with van der Waals surface area (Å²) in [6, 6.07) is 7.10. The lowest BCUT2D eigenvalue weighted by Crippen LogP contribution is -2.18. The predicted octanol–water partition coefficient (Wildman–Crippen LogP) is 1.74. The molecule has 1 aromatic rings. The number of benzene rings is 1. The molecule has 13 heavy (non-hydrogen) atoms. The van der Waals surface area contributed by atoms with Gasteiger partial charge in [0.05, 0.1) is 0 Å². The van der Waals surface area contributed by atoms with Crippen molar-refractivity contribution in [2.45, 2.75) is 6.42 Å². The molecule has 0 saturated carbocycles. The van der Waals surface area contributed by atoms with Crippen molar-refractivity contribution in [3.63, 3.8) is 0 Å². The molecule has 2 N–H and O–H groups in total. The van der Waals surface area contributed by atoms with E-state index < -0.39 is 5.91 Å². The Morgan fingerprint density at radius 1 is 1.38 bits per heavy atom. The summed E-state index contributed by atoms with van der Waals surface area (Å²) < 4.78 is 0. The van der Waals surface area contributed by atoms with E-state index >= 15 is 0 Å². The number of halogens is 1. The highest BCUT2D eigenvalue weighted by Crippen LogP contribution is 2.05. The lowest BCUT2D eigenvalue weighted by atomic mass is 10.1. The second-order valence-corrected chi connectivity index (χ2v) is 3.37. The van der Waals surface area contributed by atoms with E-state index in [-0.39, 0.29) is 0 Å². The van der Waals surface area contributed by atoms with Gasteiger partial charge in [-0.1, -0.05) is 28.1 Å². The molecule has 1 aromatic carbocycles. The first-order valence-corrected chi connectivity index (χ1v) is 4.99. The van der Waals surface area contributed by atoms with Crippen molar-refractivity contribution in [1.82, 2.24) is 5.48 Å². The van der Waals surface area contributed by atoms with Crippen LogP contribution >= 0.6 is 15.9 Å². The van der Waals surface area contributed by atoms with Crippen molar-refractivity contribution >= 4 is 21.8 Å². The Morgan fingerprint density at radius 3 is 2.46 bits per heavy atom. The van der Waals surface area contributed by atoms with Gasteiger partial charge in [0.25, 0.3) is 5.91 Å². The van der Waals surface area contributed by atoms with Gasteiger partial charge in [0.15, 0.2) is 0 Å². The first-order chi connectivity index (χ1) is 6.27. The SMILES string of the molecule is O=C(NO)c1ccc(CCBr)cc1. The number of amides is 1. The number of carbonyl (C=O) groups is 1. The van der Waals surface area contributed by atoms with E-state index in [9.17, 15) is 4.79 Å². The van der Waals surface area contributed by atoms with Crippen LogP contribution in [0.1, 0.15) is 15.9 Å². The minimum absolute atomic E-state index is 0.459. The fraction of sp³-hybridized carbons (Fsp3) is 0.222. The minimum Gasteiger partial charge on any atom is -0.288 e. The third-order valence-corrected chi connectivity index (χ3v) is 2.10. The molecule has 0 radical (unpaired) electrons. The quantitative estimate of drug-likeness (QED) is 0.483. The van der Waals surface area contributed by atoms with Gasteiger partial charge >= 0.3 is 0 Å². The largest absolute Gasteiger partial charge is 0.288 e. The number of hydrogen-bond donors (Lipinski definition) is 2. The molecule has 0 bridgehead atoms. The summed E-state index contributed by atoms with van der Waals surface area (Å²) in [6.07, 6.45) is 0.932. The Labute approximate surface area is 84.9 Å². The summed E-state index contributed by atoms with van der Waals surface area (Å²) in [6.45, 7) is 0. The van der Waals surface area contributed by atoms with Crippen LogP contribution in [0, 0.1) is 0 Å². The fourth-order valence-corrected chi connectivity index (χ4v) is 1.45. The molecule has 0 unspecified atom stereocenters. The molecule has 0 aliphatic rings. The summed E-state index contributed by atoms with van der Waals surface area (Å²) in [5.74, 6) is -0.481. The summed E-state index contributed by atoms with van der Waals surface area (Å²) in [4.78, 5) is 10.9. The molecular formula is C9H10BrNO2. The molecule has 0 aliphatic heterocycles. The molecule has 0 atom stereocenters. The monoisotopic (exact) mass is 243 g/mol. The van der Waals surface area contributed by atoms with Crippen molar-refractivity contribution in [1.29, 1.82) is 0 Å². The molecule has 1 rings (SSSR count). The standard InChI is InChI=1S/C9H10BrNO2/c10-6-5-7-1-3-8(4-2-7)9(12)11-13/h1-4,13H,5-6H2,(H,11,12). The molecule has 0 heterocycles. The second kappa shape index (κ2) is 4.99. The first-order valence-electron chi connectivity index (χ1n) is 3.87. The Hall–Kier alpha value is -0.870. The smallest absolute Gasteiger partial charge is 0.274 e. The van der Waals surface area contributed by atoms with Crippen molar-refractivity contribution in [3.8, 4) is 0 Å². The second-order valence-electron chi connectivity index (χ2n) is 2.58. The molecule has 0 fully saturated rings. The van der Waals surface area contributed by atoms with Crippen molar-refractivity contribution < 1.29 is 10.0 Å². The average Bonchev–Trinajstić information content (AvgIpc) is 2.18. The molecule has 1 amide bonds. The molecule has 0 spiro atoms. The van der Waals surface area contributed by atoms with Gasteiger partial charge in [-0.3, -0.25) is 10.0 Å². The van der Waals surface area contributed by atoms with E-state index in [0.29, 0.717) is 5.56 Å². The van der Waals surface area contributed by atoms with Crippen molar-refractivity contribution in [2.75, 3.05) is 5.33 Å². The maximum atomic E-state index is 10.9. The predicted molar refractivity (Wildman–Crippen MR) is 53.2 cm³/mol. The van der Waals surface area contributed by atoms with Gasteiger partial charge in [0.1, 0.15) is 0 Å². The number of hydroxylamine groups is 1. The number of carbonyl (C=O) groups excluding carboxylic acids is 1. The van der Waals surface area contributed by atoms with E-state index in [0.717, 1.165) is 17.3 Å². The maximum Gasteiger partial charge on any atom is 0.274 e. The van der Waals surface area contributed by atoms with Gasteiger partial charge in [-0.25, -0.2) is 5.48 Å². The zero-order valence-corrected chi connectivity index (χ0v) is 8.54. The van der Waals surface area contributed by atoms with Gasteiger partial charge in [0, 0.05) is 10.9 Å². The van der Waals surface area contributed by atoms with E-state index in [4.69, 9.17) is 5.21 Å². The highest BCUT2D eigenvalue weighted by Gasteiger charge is 2.02. The highest BCUT2D eigenvalue weighted by atomic mass is 79.9. The zero-order chi connectivity index (χ0) is 9.68. The lowest BCUT2D eigenvalue weighted by Gasteiger charge is -2.00. The van der Waals surface area contributed by atoms with Crippen LogP contribution < -0.4 is 5.48 Å². The van der Waals surface area contributed by atoms with Gasteiger partial charge in [-0.2, -0.15) is 0 Å². The third-order valence-electron chi connectivity index (χ3n) is 1.70. The summed E-state index contributed by atoms with van der Waals surface area (Å²) in [5.41, 5.74) is 3.20. The Bertz CT molecular complexity index is 284. The Morgan fingerprint density at radius 2 is 2.00 bits per heavy atom. The highest BCUT2D eigenvalue weighted by molar-refractivity contribution is 9.09. The number of aryl methyl sites for hydroxylation is 1. The van der Waals surface area contributed by atoms with Crippen molar-refractivity contribution in [2.24, 2.45) is 0 Å². The van der Waals surface area contributed by atoms with Crippen LogP contribution in [0.25, 0.3) is 0 Å². The van der Waals surface area contributed by atoms with Crippen LogP contribution in [0.3, 0.4) is 0 Å². The number of alkyl halides is 1. The number of nitrogens with one attached hydrogen (secondary N) is 1. The minimum atomic E-state index is -0.481. The van der Waals surface area contributed by atoms with E-state index in [1.165, 1.54) is 0 Å². The van der Waals surface area contributed by atoms with Gasteiger partial charge < -0.3 is 0 Å². The molecule has 0 aromatic heterocycles. The molecule has 0 aliphatic carbocycles.